The summed E-state index contributed by atoms with van der Waals surface area (Å²) in [5, 5.41) is 26.0. The summed E-state index contributed by atoms with van der Waals surface area (Å²) in [7, 11) is 0. The summed E-state index contributed by atoms with van der Waals surface area (Å²) in [5.41, 5.74) is 0.969. The number of nitrogens with zero attached hydrogens (tertiary/aromatic N) is 4. The molecule has 1 aromatic rings. The Morgan fingerprint density at radius 1 is 1.29 bits per heavy atom. The first kappa shape index (κ1) is 9.71. The molecule has 0 fully saturated rings. The van der Waals surface area contributed by atoms with E-state index in [0.29, 0.717) is 5.56 Å². The molecule has 0 N–H and O–H groups in total. The molecule has 0 saturated heterocycles. The predicted octanol–water partition coefficient (Wildman–Crippen LogP) is 1.45. The van der Waals surface area contributed by atoms with E-state index in [-0.39, 0.29) is 17.2 Å². The molecule has 66 valence electrons. The van der Waals surface area contributed by atoms with E-state index >= 15 is 0 Å². The van der Waals surface area contributed by atoms with E-state index < -0.39 is 0 Å². The van der Waals surface area contributed by atoms with Crippen molar-refractivity contribution in [1.29, 1.82) is 15.8 Å². The number of aromatic nitrogens is 1. The summed E-state index contributed by atoms with van der Waals surface area (Å²) < 4.78 is 0. The van der Waals surface area contributed by atoms with Gasteiger partial charge in [-0.05, 0) is 18.6 Å². The third kappa shape index (κ3) is 1.68. The van der Waals surface area contributed by atoms with Gasteiger partial charge in [-0.1, -0.05) is 0 Å². The first-order valence-corrected chi connectivity index (χ1v) is 3.92. The van der Waals surface area contributed by atoms with Crippen molar-refractivity contribution >= 4 is 0 Å². The Labute approximate surface area is 81.7 Å². The van der Waals surface area contributed by atoms with Crippen LogP contribution >= 0.6 is 0 Å². The van der Waals surface area contributed by atoms with Crippen molar-refractivity contribution in [2.24, 2.45) is 0 Å². The molecule has 4 nitrogen and oxygen atoms in total. The van der Waals surface area contributed by atoms with E-state index in [9.17, 15) is 0 Å². The van der Waals surface area contributed by atoms with Gasteiger partial charge in [0.15, 0.2) is 5.69 Å². The van der Waals surface area contributed by atoms with Gasteiger partial charge in [0.05, 0.1) is 17.6 Å². The van der Waals surface area contributed by atoms with E-state index in [4.69, 9.17) is 15.8 Å². The molecule has 0 spiro atoms. The normalized spacial score (nSPS) is 10.7. The standard InChI is InChI=1S/C10H6N4/c1-7(3-11)9-2-8(4-12)10(5-13)14-6-9/h2,6-7H,1H3. The zero-order chi connectivity index (χ0) is 10.6. The van der Waals surface area contributed by atoms with Gasteiger partial charge in [-0.15, -0.1) is 0 Å². The highest BCUT2D eigenvalue weighted by molar-refractivity contribution is 5.43. The SMILES string of the molecule is CC(C#N)c1cnc(C#N)c(C#N)c1. The second-order valence-corrected chi connectivity index (χ2v) is 2.74. The molecule has 0 saturated carbocycles. The summed E-state index contributed by atoms with van der Waals surface area (Å²) in [5.74, 6) is -0.317. The van der Waals surface area contributed by atoms with E-state index in [0.717, 1.165) is 0 Å². The van der Waals surface area contributed by atoms with Gasteiger partial charge in [0.2, 0.25) is 0 Å². The topological polar surface area (TPSA) is 84.3 Å². The van der Waals surface area contributed by atoms with Crippen LogP contribution in [0, 0.1) is 34.0 Å². The highest BCUT2D eigenvalue weighted by Gasteiger charge is 2.08. The molecule has 4 heteroatoms. The van der Waals surface area contributed by atoms with Gasteiger partial charge in [0.25, 0.3) is 0 Å². The lowest BCUT2D eigenvalue weighted by atomic mass is 10.0. The predicted molar refractivity (Wildman–Crippen MR) is 47.7 cm³/mol. The molecule has 1 unspecified atom stereocenters. The Morgan fingerprint density at radius 2 is 2.00 bits per heavy atom. The van der Waals surface area contributed by atoms with Crippen LogP contribution in [0.5, 0.6) is 0 Å². The zero-order valence-electron chi connectivity index (χ0n) is 7.52. The number of nitriles is 3. The molecule has 1 heterocycles. The largest absolute Gasteiger partial charge is 0.244 e. The summed E-state index contributed by atoms with van der Waals surface area (Å²) in [4.78, 5) is 3.80. The monoisotopic (exact) mass is 182 g/mol. The minimum Gasteiger partial charge on any atom is -0.244 e. The first-order chi connectivity index (χ1) is 6.72. The number of pyridine rings is 1. The second kappa shape index (κ2) is 4.03. The van der Waals surface area contributed by atoms with Crippen LogP contribution in [0.1, 0.15) is 29.7 Å². The maximum Gasteiger partial charge on any atom is 0.158 e. The smallest absolute Gasteiger partial charge is 0.158 e. The van der Waals surface area contributed by atoms with E-state index in [1.165, 1.54) is 12.3 Å². The number of rotatable bonds is 1. The molecule has 0 aliphatic carbocycles. The van der Waals surface area contributed by atoms with Gasteiger partial charge in [-0.25, -0.2) is 4.98 Å². The lowest BCUT2D eigenvalue weighted by molar-refractivity contribution is 0.962. The molecule has 0 bridgehead atoms. The highest BCUT2D eigenvalue weighted by Crippen LogP contribution is 2.15. The fraction of sp³-hybridized carbons (Fsp3) is 0.200. The maximum atomic E-state index is 8.70. The van der Waals surface area contributed by atoms with Crippen molar-refractivity contribution in [2.45, 2.75) is 12.8 Å². The van der Waals surface area contributed by atoms with E-state index in [1.807, 2.05) is 18.2 Å². The first-order valence-electron chi connectivity index (χ1n) is 3.92. The van der Waals surface area contributed by atoms with Crippen molar-refractivity contribution in [3.05, 3.63) is 29.1 Å². The molecule has 0 aromatic carbocycles. The van der Waals surface area contributed by atoms with Gasteiger partial charge in [-0.3, -0.25) is 0 Å². The summed E-state index contributed by atoms with van der Waals surface area (Å²) in [6.45, 7) is 1.71. The van der Waals surface area contributed by atoms with Crippen molar-refractivity contribution < 1.29 is 0 Å². The van der Waals surface area contributed by atoms with Gasteiger partial charge >= 0.3 is 0 Å². The average molecular weight is 182 g/mol. The molecule has 14 heavy (non-hydrogen) atoms. The fourth-order valence-corrected chi connectivity index (χ4v) is 0.967. The Bertz CT molecular complexity index is 470. The van der Waals surface area contributed by atoms with Crippen molar-refractivity contribution in [2.75, 3.05) is 0 Å². The minimum absolute atomic E-state index is 0.0985. The van der Waals surface area contributed by atoms with E-state index in [2.05, 4.69) is 4.98 Å². The Kier molecular flexibility index (Phi) is 2.79. The van der Waals surface area contributed by atoms with Gasteiger partial charge < -0.3 is 0 Å². The summed E-state index contributed by atoms with van der Waals surface area (Å²) in [6, 6.07) is 7.25. The van der Waals surface area contributed by atoms with Crippen molar-refractivity contribution in [1.82, 2.24) is 4.98 Å². The third-order valence-electron chi connectivity index (χ3n) is 1.83. The average Bonchev–Trinajstić information content (AvgIpc) is 2.26. The molecule has 1 aromatic heterocycles. The molecular weight excluding hydrogens is 176 g/mol. The third-order valence-corrected chi connectivity index (χ3v) is 1.83. The van der Waals surface area contributed by atoms with Gasteiger partial charge in [0, 0.05) is 6.20 Å². The quantitative estimate of drug-likeness (QED) is 0.657. The van der Waals surface area contributed by atoms with Crippen LogP contribution in [0.15, 0.2) is 12.3 Å². The summed E-state index contributed by atoms with van der Waals surface area (Å²) in [6.07, 6.45) is 1.45. The molecular formula is C10H6N4. The van der Waals surface area contributed by atoms with Crippen LogP contribution in [-0.2, 0) is 0 Å². The zero-order valence-corrected chi connectivity index (χ0v) is 7.52. The number of hydrogen-bond acceptors (Lipinski definition) is 4. The molecule has 1 atom stereocenters. The number of hydrogen-bond donors (Lipinski definition) is 0. The lowest BCUT2D eigenvalue weighted by Crippen LogP contribution is -1.96. The Balaban J connectivity index is 3.26. The van der Waals surface area contributed by atoms with Crippen LogP contribution in [0.25, 0.3) is 0 Å². The second-order valence-electron chi connectivity index (χ2n) is 2.74. The van der Waals surface area contributed by atoms with Crippen LogP contribution < -0.4 is 0 Å². The van der Waals surface area contributed by atoms with E-state index in [1.54, 1.807) is 6.92 Å². The van der Waals surface area contributed by atoms with Crippen molar-refractivity contribution in [3.8, 4) is 18.2 Å². The molecule has 0 amide bonds. The molecule has 0 radical (unpaired) electrons. The molecule has 0 aliphatic rings. The Morgan fingerprint density at radius 3 is 2.50 bits per heavy atom. The molecule has 1 rings (SSSR count). The Hall–Kier alpha value is -2.38. The van der Waals surface area contributed by atoms with Crippen molar-refractivity contribution in [3.63, 3.8) is 0 Å². The van der Waals surface area contributed by atoms with Crippen LogP contribution in [0.3, 0.4) is 0 Å². The highest BCUT2D eigenvalue weighted by atomic mass is 14.7. The fourth-order valence-electron chi connectivity index (χ4n) is 0.967. The molecule has 0 aliphatic heterocycles. The van der Waals surface area contributed by atoms with Gasteiger partial charge in [-0.2, -0.15) is 15.8 Å². The lowest BCUT2D eigenvalue weighted by Gasteiger charge is -2.02. The maximum absolute atomic E-state index is 8.70. The summed E-state index contributed by atoms with van der Waals surface area (Å²) >= 11 is 0. The van der Waals surface area contributed by atoms with Gasteiger partial charge in [0.1, 0.15) is 12.1 Å². The van der Waals surface area contributed by atoms with Crippen LogP contribution in [0.4, 0.5) is 0 Å². The van der Waals surface area contributed by atoms with Crippen LogP contribution in [0.2, 0.25) is 0 Å². The minimum atomic E-state index is -0.317. The van der Waals surface area contributed by atoms with Crippen LogP contribution in [-0.4, -0.2) is 4.98 Å².